The molecule has 0 heterocycles. The molecule has 0 saturated heterocycles. The second-order valence-corrected chi connectivity index (χ2v) is 2.32. The molecule has 12 heavy (non-hydrogen) atoms. The van der Waals surface area contributed by atoms with Gasteiger partial charge < -0.3 is 0 Å². The fourth-order valence-corrected chi connectivity index (χ4v) is 0.534. The molecule has 0 heteroatoms. The van der Waals surface area contributed by atoms with Crippen molar-refractivity contribution in [3.8, 4) is 0 Å². The maximum atomic E-state index is 2.08. The molecule has 68 valence electrons. The van der Waals surface area contributed by atoms with Gasteiger partial charge in [0.15, 0.2) is 0 Å². The van der Waals surface area contributed by atoms with Gasteiger partial charge in [-0.15, -0.1) is 0 Å². The first-order valence-corrected chi connectivity index (χ1v) is 3.90. The smallest absolute Gasteiger partial charge is 0.0398 e. The van der Waals surface area contributed by atoms with E-state index < -0.39 is 0 Å². The van der Waals surface area contributed by atoms with Gasteiger partial charge in [0.25, 0.3) is 0 Å². The molecule has 1 rings (SSSR count). The van der Waals surface area contributed by atoms with Crippen LogP contribution in [-0.4, -0.2) is 0 Å². The van der Waals surface area contributed by atoms with E-state index in [9.17, 15) is 0 Å². The largest absolute Gasteiger partial charge is 0.0919 e. The van der Waals surface area contributed by atoms with Gasteiger partial charge in [0.05, 0.1) is 0 Å². The lowest BCUT2D eigenvalue weighted by molar-refractivity contribution is 1.48. The average Bonchev–Trinajstić information content (AvgIpc) is 2.07. The van der Waals surface area contributed by atoms with Crippen LogP contribution in [0.1, 0.15) is 26.8 Å². The number of benzene rings is 1. The van der Waals surface area contributed by atoms with Crippen molar-refractivity contribution in [2.24, 2.45) is 0 Å². The lowest BCUT2D eigenvalue weighted by atomic mass is 10.2. The van der Waals surface area contributed by atoms with Crippen LogP contribution in [0.15, 0.2) is 42.5 Å². The number of hydrogen-bond acceptors (Lipinski definition) is 0. The van der Waals surface area contributed by atoms with Gasteiger partial charge in [0.2, 0.25) is 0 Å². The molecule has 0 nitrogen and oxygen atoms in total. The van der Waals surface area contributed by atoms with Crippen LogP contribution in [0.4, 0.5) is 0 Å². The zero-order chi connectivity index (χ0) is 8.53. The summed E-state index contributed by atoms with van der Waals surface area (Å²) >= 11 is 0. The molecule has 0 radical (unpaired) electrons. The Kier molecular flexibility index (Phi) is 11.2. The van der Waals surface area contributed by atoms with E-state index in [1.807, 2.05) is 44.2 Å². The molecule has 0 aliphatic rings. The molecule has 0 amide bonds. The van der Waals surface area contributed by atoms with E-state index in [2.05, 4.69) is 19.1 Å². The van der Waals surface area contributed by atoms with Crippen LogP contribution >= 0.6 is 0 Å². The van der Waals surface area contributed by atoms with Crippen LogP contribution in [0.25, 0.3) is 0 Å². The molecular formula is C12H20. The quantitative estimate of drug-likeness (QED) is 0.504. The van der Waals surface area contributed by atoms with Crippen LogP contribution in [0.5, 0.6) is 0 Å². The van der Waals surface area contributed by atoms with Crippen molar-refractivity contribution < 1.29 is 0 Å². The van der Waals surface area contributed by atoms with E-state index >= 15 is 0 Å². The lowest BCUT2D eigenvalue weighted by Gasteiger charge is -1.82. The summed E-state index contributed by atoms with van der Waals surface area (Å²) in [6.45, 7) is 6.08. The molecular weight excluding hydrogens is 144 g/mol. The molecule has 0 fully saturated rings. The minimum Gasteiger partial charge on any atom is -0.0919 e. The third-order valence-corrected chi connectivity index (χ3v) is 1.27. The topological polar surface area (TPSA) is 0 Å². The van der Waals surface area contributed by atoms with E-state index in [-0.39, 0.29) is 7.43 Å². The van der Waals surface area contributed by atoms with Crippen LogP contribution in [0, 0.1) is 6.92 Å². The van der Waals surface area contributed by atoms with Crippen LogP contribution in [0.2, 0.25) is 0 Å². The van der Waals surface area contributed by atoms with Crippen molar-refractivity contribution in [3.63, 3.8) is 0 Å². The molecule has 0 spiro atoms. The summed E-state index contributed by atoms with van der Waals surface area (Å²) in [5.41, 5.74) is 1.32. The fourth-order valence-electron chi connectivity index (χ4n) is 0.534. The van der Waals surface area contributed by atoms with E-state index in [1.54, 1.807) is 0 Å². The summed E-state index contributed by atoms with van der Waals surface area (Å²) in [5.74, 6) is 0. The van der Waals surface area contributed by atoms with Crippen LogP contribution in [0.3, 0.4) is 0 Å². The number of allylic oxidation sites excluding steroid dienone is 2. The highest BCUT2D eigenvalue weighted by atomic mass is 13.8. The van der Waals surface area contributed by atoms with Crippen LogP contribution in [-0.2, 0) is 0 Å². The van der Waals surface area contributed by atoms with E-state index in [0.717, 1.165) is 0 Å². The molecule has 0 saturated carbocycles. The van der Waals surface area contributed by atoms with Crippen LogP contribution < -0.4 is 0 Å². The Morgan fingerprint density at radius 3 is 1.50 bits per heavy atom. The molecule has 0 aromatic heterocycles. The first-order valence-electron chi connectivity index (χ1n) is 3.90. The minimum absolute atomic E-state index is 0. The highest BCUT2D eigenvalue weighted by Gasteiger charge is 1.72. The standard InChI is InChI=1S/C7H8.C4H8.CH4/c1-7-5-3-2-4-6-7;1-3-4-2;/h2-6H,1H3;3-4H,1-2H3;1H4. The summed E-state index contributed by atoms with van der Waals surface area (Å²) in [6, 6.07) is 10.3. The molecule has 0 bridgehead atoms. The zero-order valence-corrected chi connectivity index (χ0v) is 7.54. The highest BCUT2D eigenvalue weighted by molar-refractivity contribution is 5.11. The van der Waals surface area contributed by atoms with E-state index in [1.165, 1.54) is 5.56 Å². The summed E-state index contributed by atoms with van der Waals surface area (Å²) in [5, 5.41) is 0. The number of rotatable bonds is 0. The molecule has 1 aromatic carbocycles. The number of aryl methyl sites for hydroxylation is 1. The van der Waals surface area contributed by atoms with Gasteiger partial charge in [0.1, 0.15) is 0 Å². The van der Waals surface area contributed by atoms with Gasteiger partial charge in [-0.05, 0) is 20.8 Å². The van der Waals surface area contributed by atoms with Gasteiger partial charge in [-0.25, -0.2) is 0 Å². The molecule has 0 atom stereocenters. The normalized spacial score (nSPS) is 8.25. The van der Waals surface area contributed by atoms with Gasteiger partial charge in [-0.2, -0.15) is 0 Å². The minimum atomic E-state index is 0. The molecule has 0 aliphatic carbocycles. The monoisotopic (exact) mass is 164 g/mol. The third-order valence-electron chi connectivity index (χ3n) is 1.27. The molecule has 0 N–H and O–H groups in total. The van der Waals surface area contributed by atoms with Crippen molar-refractivity contribution in [1.82, 2.24) is 0 Å². The zero-order valence-electron chi connectivity index (χ0n) is 7.54. The predicted molar refractivity (Wildman–Crippen MR) is 58.4 cm³/mol. The van der Waals surface area contributed by atoms with Gasteiger partial charge in [-0.1, -0.05) is 55.5 Å². The van der Waals surface area contributed by atoms with Crippen molar-refractivity contribution in [1.29, 1.82) is 0 Å². The van der Waals surface area contributed by atoms with Gasteiger partial charge >= 0.3 is 0 Å². The Hall–Kier alpha value is -1.04. The second kappa shape index (κ2) is 9.96. The summed E-state index contributed by atoms with van der Waals surface area (Å²) in [6.07, 6.45) is 4.00. The fraction of sp³-hybridized carbons (Fsp3) is 0.333. The third kappa shape index (κ3) is 8.96. The van der Waals surface area contributed by atoms with E-state index in [0.29, 0.717) is 0 Å². The van der Waals surface area contributed by atoms with Gasteiger partial charge in [-0.3, -0.25) is 0 Å². The summed E-state index contributed by atoms with van der Waals surface area (Å²) < 4.78 is 0. The first-order chi connectivity index (χ1) is 5.31. The maximum Gasteiger partial charge on any atom is -0.0398 e. The Morgan fingerprint density at radius 2 is 1.33 bits per heavy atom. The summed E-state index contributed by atoms with van der Waals surface area (Å²) in [7, 11) is 0. The maximum absolute atomic E-state index is 2.08. The second-order valence-electron chi connectivity index (χ2n) is 2.32. The Bertz CT molecular complexity index is 180. The summed E-state index contributed by atoms with van der Waals surface area (Å²) in [4.78, 5) is 0. The lowest BCUT2D eigenvalue weighted by Crippen LogP contribution is -1.62. The Morgan fingerprint density at radius 1 is 0.917 bits per heavy atom. The highest BCUT2D eigenvalue weighted by Crippen LogP contribution is 1.92. The molecule has 0 unspecified atom stereocenters. The van der Waals surface area contributed by atoms with Gasteiger partial charge in [0, 0.05) is 0 Å². The van der Waals surface area contributed by atoms with Crippen molar-refractivity contribution in [2.75, 3.05) is 0 Å². The Balaban J connectivity index is 0. The first kappa shape index (κ1) is 13.5. The Labute approximate surface area is 76.9 Å². The number of hydrogen-bond donors (Lipinski definition) is 0. The SMILES string of the molecule is C.CC=CC.Cc1ccccc1. The van der Waals surface area contributed by atoms with Crippen molar-refractivity contribution in [3.05, 3.63) is 48.0 Å². The molecule has 0 aliphatic heterocycles. The molecule has 1 aromatic rings. The van der Waals surface area contributed by atoms with Crippen molar-refractivity contribution >= 4 is 0 Å². The average molecular weight is 164 g/mol. The van der Waals surface area contributed by atoms with Crippen molar-refractivity contribution in [2.45, 2.75) is 28.2 Å². The predicted octanol–water partition coefficient (Wildman–Crippen LogP) is 4.21. The van der Waals surface area contributed by atoms with E-state index in [4.69, 9.17) is 0 Å².